The normalized spacial score (nSPS) is 28.5. The van der Waals surface area contributed by atoms with E-state index in [1.807, 2.05) is 30.3 Å². The fourth-order valence-corrected chi connectivity index (χ4v) is 3.76. The summed E-state index contributed by atoms with van der Waals surface area (Å²) < 4.78 is 28.4. The van der Waals surface area contributed by atoms with Crippen LogP contribution in [0.15, 0.2) is 42.2 Å². The summed E-state index contributed by atoms with van der Waals surface area (Å²) >= 11 is 0. The molecule has 0 saturated heterocycles. The minimum Gasteiger partial charge on any atom is -0.455 e. The van der Waals surface area contributed by atoms with E-state index in [0.29, 0.717) is 0 Å². The highest BCUT2D eigenvalue weighted by molar-refractivity contribution is 7.63. The van der Waals surface area contributed by atoms with Crippen molar-refractivity contribution in [1.82, 2.24) is 0 Å². The topological polar surface area (TPSA) is 61.8 Å². The number of ether oxygens (including phenoxy) is 2. The first kappa shape index (κ1) is 15.0. The van der Waals surface area contributed by atoms with E-state index in [1.54, 1.807) is 6.08 Å². The van der Waals surface area contributed by atoms with Crippen molar-refractivity contribution in [2.75, 3.05) is 7.11 Å². The zero-order valence-electron chi connectivity index (χ0n) is 11.4. The second-order valence-corrected chi connectivity index (χ2v) is 6.89. The molecule has 0 aromatic heterocycles. The summed E-state index contributed by atoms with van der Waals surface area (Å²) in [6.07, 6.45) is 0.878. The Hall–Kier alpha value is -1.42. The van der Waals surface area contributed by atoms with Gasteiger partial charge in [0.2, 0.25) is 0 Å². The van der Waals surface area contributed by atoms with Gasteiger partial charge in [0.1, 0.15) is 0 Å². The van der Waals surface area contributed by atoms with Gasteiger partial charge in [-0.2, -0.15) is 0 Å². The van der Waals surface area contributed by atoms with E-state index >= 15 is 0 Å². The molecule has 0 fully saturated rings. The SMILES string of the molecule is COP1(=O)C=C[C@H](OC(C)=O)[C@H]1OCc1ccccc1. The molecule has 20 heavy (non-hydrogen) atoms. The fourth-order valence-electron chi connectivity index (χ4n) is 2.00. The molecule has 0 aliphatic carbocycles. The lowest BCUT2D eigenvalue weighted by Crippen LogP contribution is -2.28. The first-order valence-corrected chi connectivity index (χ1v) is 7.99. The van der Waals surface area contributed by atoms with Crippen molar-refractivity contribution in [2.24, 2.45) is 0 Å². The lowest BCUT2D eigenvalue weighted by molar-refractivity contribution is -0.148. The molecule has 1 aliphatic heterocycles. The van der Waals surface area contributed by atoms with Crippen molar-refractivity contribution in [3.63, 3.8) is 0 Å². The zero-order valence-corrected chi connectivity index (χ0v) is 12.3. The van der Waals surface area contributed by atoms with Gasteiger partial charge in [0.25, 0.3) is 7.37 Å². The highest BCUT2D eigenvalue weighted by Gasteiger charge is 2.44. The van der Waals surface area contributed by atoms with Crippen molar-refractivity contribution in [3.05, 3.63) is 47.8 Å². The Labute approximate surface area is 118 Å². The molecule has 5 nitrogen and oxygen atoms in total. The first-order valence-electron chi connectivity index (χ1n) is 6.22. The largest absolute Gasteiger partial charge is 0.455 e. The van der Waals surface area contributed by atoms with E-state index in [2.05, 4.69) is 0 Å². The van der Waals surface area contributed by atoms with Crippen LogP contribution in [-0.2, 0) is 30.0 Å². The molecule has 0 radical (unpaired) electrons. The summed E-state index contributed by atoms with van der Waals surface area (Å²) in [5.74, 6) is 0.199. The molecule has 1 aromatic rings. The van der Waals surface area contributed by atoms with Crippen molar-refractivity contribution in [3.8, 4) is 0 Å². The van der Waals surface area contributed by atoms with Crippen molar-refractivity contribution in [2.45, 2.75) is 25.5 Å². The monoisotopic (exact) mass is 296 g/mol. The third-order valence-corrected chi connectivity index (χ3v) is 5.28. The van der Waals surface area contributed by atoms with Gasteiger partial charge in [-0.15, -0.1) is 0 Å². The molecular formula is C14H17O5P. The molecule has 1 heterocycles. The lowest BCUT2D eigenvalue weighted by Gasteiger charge is -2.24. The Morgan fingerprint density at radius 3 is 2.60 bits per heavy atom. The standard InChI is InChI=1S/C14H17O5P/c1-11(15)19-13-8-9-20(16,17-2)14(13)18-10-12-6-4-3-5-7-12/h3-9,13-14H,10H2,1-2H3/t13-,14-,20?/m0/s1. The highest BCUT2D eigenvalue weighted by Crippen LogP contribution is 2.59. The predicted octanol–water partition coefficient (Wildman–Crippen LogP) is 2.91. The van der Waals surface area contributed by atoms with Crippen molar-refractivity contribution < 1.29 is 23.4 Å². The van der Waals surface area contributed by atoms with Crippen LogP contribution in [0.4, 0.5) is 0 Å². The maximum Gasteiger partial charge on any atom is 0.303 e. The summed E-state index contributed by atoms with van der Waals surface area (Å²) in [7, 11) is -1.73. The van der Waals surface area contributed by atoms with Gasteiger partial charge < -0.3 is 14.0 Å². The minimum absolute atomic E-state index is 0.276. The first-order chi connectivity index (χ1) is 9.55. The Bertz CT molecular complexity index is 540. The van der Waals surface area contributed by atoms with Gasteiger partial charge in [0.15, 0.2) is 11.9 Å². The average Bonchev–Trinajstić information content (AvgIpc) is 2.74. The average molecular weight is 296 g/mol. The molecule has 1 aromatic carbocycles. The van der Waals surface area contributed by atoms with E-state index in [0.717, 1.165) is 5.56 Å². The maximum absolute atomic E-state index is 12.5. The van der Waals surface area contributed by atoms with Gasteiger partial charge in [-0.25, -0.2) is 0 Å². The van der Waals surface area contributed by atoms with Crippen LogP contribution < -0.4 is 0 Å². The Balaban J connectivity index is 2.08. The number of carbonyl (C=O) groups is 1. The minimum atomic E-state index is -3.09. The molecular weight excluding hydrogens is 279 g/mol. The summed E-state index contributed by atoms with van der Waals surface area (Å²) in [6.45, 7) is 1.58. The van der Waals surface area contributed by atoms with E-state index in [1.165, 1.54) is 19.9 Å². The molecule has 0 N–H and O–H groups in total. The van der Waals surface area contributed by atoms with Crippen LogP contribution in [0.5, 0.6) is 0 Å². The van der Waals surface area contributed by atoms with Crippen LogP contribution in [-0.4, -0.2) is 25.0 Å². The molecule has 1 aliphatic rings. The molecule has 0 amide bonds. The van der Waals surface area contributed by atoms with Gasteiger partial charge in [-0.1, -0.05) is 30.3 Å². The van der Waals surface area contributed by atoms with Crippen LogP contribution in [0.25, 0.3) is 0 Å². The van der Waals surface area contributed by atoms with E-state index in [-0.39, 0.29) is 6.61 Å². The van der Waals surface area contributed by atoms with Crippen LogP contribution >= 0.6 is 7.37 Å². The number of carbonyl (C=O) groups excluding carboxylic acids is 1. The number of rotatable bonds is 5. The van der Waals surface area contributed by atoms with Crippen LogP contribution in [0, 0.1) is 0 Å². The number of benzene rings is 1. The van der Waals surface area contributed by atoms with Crippen molar-refractivity contribution in [1.29, 1.82) is 0 Å². The number of hydrogen-bond acceptors (Lipinski definition) is 5. The zero-order chi connectivity index (χ0) is 14.6. The molecule has 1 unspecified atom stereocenters. The Morgan fingerprint density at radius 1 is 1.30 bits per heavy atom. The molecule has 0 saturated carbocycles. The second kappa shape index (κ2) is 6.35. The Kier molecular flexibility index (Phi) is 4.76. The third kappa shape index (κ3) is 3.37. The smallest absolute Gasteiger partial charge is 0.303 e. The summed E-state index contributed by atoms with van der Waals surface area (Å²) in [5.41, 5.74) is 0.948. The van der Waals surface area contributed by atoms with Crippen LogP contribution in [0.2, 0.25) is 0 Å². The molecule has 108 valence electrons. The summed E-state index contributed by atoms with van der Waals surface area (Å²) in [4.78, 5) is 11.1. The molecule has 3 atom stereocenters. The molecule has 6 heteroatoms. The predicted molar refractivity (Wildman–Crippen MR) is 74.3 cm³/mol. The lowest BCUT2D eigenvalue weighted by atomic mass is 10.2. The fraction of sp³-hybridized carbons (Fsp3) is 0.357. The molecule has 0 bridgehead atoms. The van der Waals surface area contributed by atoms with Crippen LogP contribution in [0.3, 0.4) is 0 Å². The van der Waals surface area contributed by atoms with Crippen LogP contribution in [0.1, 0.15) is 12.5 Å². The third-order valence-electron chi connectivity index (χ3n) is 2.97. The number of esters is 1. The van der Waals surface area contributed by atoms with Gasteiger partial charge in [-0.05, 0) is 11.6 Å². The highest BCUT2D eigenvalue weighted by atomic mass is 31.2. The Morgan fingerprint density at radius 2 is 2.00 bits per heavy atom. The van der Waals surface area contributed by atoms with E-state index in [9.17, 15) is 9.36 Å². The van der Waals surface area contributed by atoms with E-state index in [4.69, 9.17) is 14.0 Å². The van der Waals surface area contributed by atoms with Gasteiger partial charge in [0, 0.05) is 19.9 Å². The second-order valence-electron chi connectivity index (χ2n) is 4.43. The van der Waals surface area contributed by atoms with Gasteiger partial charge >= 0.3 is 5.97 Å². The van der Waals surface area contributed by atoms with Crippen molar-refractivity contribution >= 4 is 13.3 Å². The summed E-state index contributed by atoms with van der Waals surface area (Å²) in [6, 6.07) is 9.50. The molecule has 2 rings (SSSR count). The number of hydrogen-bond donors (Lipinski definition) is 0. The molecule has 0 spiro atoms. The summed E-state index contributed by atoms with van der Waals surface area (Å²) in [5, 5.41) is 0. The van der Waals surface area contributed by atoms with Gasteiger partial charge in [0.05, 0.1) is 6.61 Å². The van der Waals surface area contributed by atoms with E-state index < -0.39 is 25.3 Å². The van der Waals surface area contributed by atoms with Gasteiger partial charge in [-0.3, -0.25) is 9.36 Å². The maximum atomic E-state index is 12.5. The quantitative estimate of drug-likeness (QED) is 0.617.